The highest BCUT2D eigenvalue weighted by Gasteiger charge is 2.09. The van der Waals surface area contributed by atoms with E-state index in [-0.39, 0.29) is 0 Å². The van der Waals surface area contributed by atoms with Gasteiger partial charge in [-0.2, -0.15) is 9.61 Å². The number of aryl methyl sites for hydroxylation is 2. The summed E-state index contributed by atoms with van der Waals surface area (Å²) in [6.07, 6.45) is 2.89. The van der Waals surface area contributed by atoms with Crippen LogP contribution in [0.15, 0.2) is 30.3 Å². The molecule has 0 bridgehead atoms. The van der Waals surface area contributed by atoms with E-state index in [0.29, 0.717) is 0 Å². The molecule has 0 radical (unpaired) electrons. The lowest BCUT2D eigenvalue weighted by Gasteiger charge is -2.04. The summed E-state index contributed by atoms with van der Waals surface area (Å²) >= 11 is 1.63. The number of hydrogen-bond acceptors (Lipinski definition) is 5. The maximum absolute atomic E-state index is 4.57. The van der Waals surface area contributed by atoms with Gasteiger partial charge < -0.3 is 5.32 Å². The van der Waals surface area contributed by atoms with Crippen molar-refractivity contribution in [3.05, 3.63) is 41.2 Å². The van der Waals surface area contributed by atoms with E-state index in [1.807, 2.05) is 22.7 Å². The Labute approximate surface area is 121 Å². The van der Waals surface area contributed by atoms with E-state index in [0.717, 1.165) is 41.6 Å². The fourth-order valence-corrected chi connectivity index (χ4v) is 2.94. The van der Waals surface area contributed by atoms with E-state index in [1.54, 1.807) is 11.3 Å². The standard InChI is InChI=1S/C14H17N5S/c1-2-12-16-17-14-19(12)18-13(20-14)9-6-10-15-11-7-4-3-5-8-11/h3-5,7-8,15H,2,6,9-10H2,1H3. The van der Waals surface area contributed by atoms with Gasteiger partial charge in [-0.1, -0.05) is 36.5 Å². The van der Waals surface area contributed by atoms with E-state index in [1.165, 1.54) is 5.69 Å². The second-order valence-corrected chi connectivity index (χ2v) is 5.60. The molecule has 1 N–H and O–H groups in total. The molecule has 104 valence electrons. The highest BCUT2D eigenvalue weighted by Crippen LogP contribution is 2.15. The van der Waals surface area contributed by atoms with E-state index in [9.17, 15) is 0 Å². The van der Waals surface area contributed by atoms with E-state index in [2.05, 4.69) is 39.7 Å². The van der Waals surface area contributed by atoms with Gasteiger partial charge in [0.1, 0.15) is 5.01 Å². The van der Waals surface area contributed by atoms with Gasteiger partial charge in [0.05, 0.1) is 0 Å². The number of fused-ring (bicyclic) bond motifs is 1. The van der Waals surface area contributed by atoms with Crippen LogP contribution in [-0.2, 0) is 12.8 Å². The van der Waals surface area contributed by atoms with E-state index < -0.39 is 0 Å². The lowest BCUT2D eigenvalue weighted by molar-refractivity contribution is 0.782. The Morgan fingerprint density at radius 1 is 1.20 bits per heavy atom. The van der Waals surface area contributed by atoms with Gasteiger partial charge in [-0.25, -0.2) is 0 Å². The molecule has 20 heavy (non-hydrogen) atoms. The maximum atomic E-state index is 4.57. The zero-order chi connectivity index (χ0) is 13.8. The summed E-state index contributed by atoms with van der Waals surface area (Å²) in [5.74, 6) is 0.935. The minimum atomic E-state index is 0.861. The molecular weight excluding hydrogens is 270 g/mol. The van der Waals surface area contributed by atoms with Crippen LogP contribution in [0.2, 0.25) is 0 Å². The summed E-state index contributed by atoms with van der Waals surface area (Å²) in [5, 5.41) is 17.3. The van der Waals surface area contributed by atoms with Crippen LogP contribution < -0.4 is 5.32 Å². The average Bonchev–Trinajstić information content (AvgIpc) is 3.04. The molecule has 0 spiro atoms. The molecule has 0 unspecified atom stereocenters. The molecule has 0 aliphatic heterocycles. The highest BCUT2D eigenvalue weighted by atomic mass is 32.1. The predicted molar refractivity (Wildman–Crippen MR) is 81.3 cm³/mol. The third-order valence-corrected chi connectivity index (χ3v) is 4.04. The summed E-state index contributed by atoms with van der Waals surface area (Å²) < 4.78 is 1.87. The van der Waals surface area contributed by atoms with Crippen LogP contribution in [0.3, 0.4) is 0 Å². The van der Waals surface area contributed by atoms with Gasteiger partial charge in [-0.05, 0) is 18.6 Å². The monoisotopic (exact) mass is 287 g/mol. The van der Waals surface area contributed by atoms with Gasteiger partial charge in [0.25, 0.3) is 0 Å². The third-order valence-electron chi connectivity index (χ3n) is 3.08. The molecule has 0 amide bonds. The zero-order valence-electron chi connectivity index (χ0n) is 11.4. The Morgan fingerprint density at radius 3 is 2.85 bits per heavy atom. The Morgan fingerprint density at radius 2 is 2.05 bits per heavy atom. The Kier molecular flexibility index (Phi) is 3.92. The number of aromatic nitrogens is 4. The summed E-state index contributed by atoms with van der Waals surface area (Å²) in [5.41, 5.74) is 1.17. The minimum Gasteiger partial charge on any atom is -0.385 e. The van der Waals surface area contributed by atoms with E-state index in [4.69, 9.17) is 0 Å². The normalized spacial score (nSPS) is 11.1. The molecule has 0 atom stereocenters. The summed E-state index contributed by atoms with van der Waals surface area (Å²) in [7, 11) is 0. The van der Waals surface area contributed by atoms with Gasteiger partial charge >= 0.3 is 0 Å². The lowest BCUT2D eigenvalue weighted by Crippen LogP contribution is -2.03. The van der Waals surface area contributed by atoms with Crippen molar-refractivity contribution in [2.24, 2.45) is 0 Å². The predicted octanol–water partition coefficient (Wildman–Crippen LogP) is 2.79. The van der Waals surface area contributed by atoms with Gasteiger partial charge in [0.15, 0.2) is 5.82 Å². The van der Waals surface area contributed by atoms with Crippen molar-refractivity contribution in [1.82, 2.24) is 19.8 Å². The fourth-order valence-electron chi connectivity index (χ4n) is 2.05. The number of rotatable bonds is 6. The van der Waals surface area contributed by atoms with Crippen molar-refractivity contribution in [2.75, 3.05) is 11.9 Å². The minimum absolute atomic E-state index is 0.861. The first-order chi connectivity index (χ1) is 9.86. The van der Waals surface area contributed by atoms with Crippen LogP contribution in [0.4, 0.5) is 5.69 Å². The average molecular weight is 287 g/mol. The topological polar surface area (TPSA) is 55.1 Å². The molecule has 1 aromatic carbocycles. The quantitative estimate of drug-likeness (QED) is 0.708. The summed E-state index contributed by atoms with van der Waals surface area (Å²) in [6.45, 7) is 3.02. The fraction of sp³-hybridized carbons (Fsp3) is 0.357. The Hall–Kier alpha value is -1.95. The van der Waals surface area contributed by atoms with Crippen molar-refractivity contribution in [3.63, 3.8) is 0 Å². The Bertz CT molecular complexity index is 673. The van der Waals surface area contributed by atoms with Crippen LogP contribution in [0.25, 0.3) is 4.96 Å². The zero-order valence-corrected chi connectivity index (χ0v) is 12.2. The van der Waals surface area contributed by atoms with Gasteiger partial charge in [0, 0.05) is 25.1 Å². The van der Waals surface area contributed by atoms with Crippen molar-refractivity contribution in [2.45, 2.75) is 26.2 Å². The van der Waals surface area contributed by atoms with Crippen molar-refractivity contribution in [3.8, 4) is 0 Å². The number of anilines is 1. The molecule has 2 heterocycles. The molecule has 0 fully saturated rings. The largest absolute Gasteiger partial charge is 0.385 e. The highest BCUT2D eigenvalue weighted by molar-refractivity contribution is 7.16. The number of nitrogens with one attached hydrogen (secondary N) is 1. The molecule has 3 aromatic rings. The molecule has 2 aromatic heterocycles. The van der Waals surface area contributed by atoms with Crippen LogP contribution in [0.5, 0.6) is 0 Å². The molecular formula is C14H17N5S. The number of nitrogens with zero attached hydrogens (tertiary/aromatic N) is 4. The first-order valence-electron chi connectivity index (χ1n) is 6.85. The Balaban J connectivity index is 1.53. The van der Waals surface area contributed by atoms with E-state index >= 15 is 0 Å². The number of hydrogen-bond donors (Lipinski definition) is 1. The van der Waals surface area contributed by atoms with Crippen molar-refractivity contribution in [1.29, 1.82) is 0 Å². The molecule has 3 rings (SSSR count). The number of para-hydroxylation sites is 1. The SMILES string of the molecule is CCc1nnc2sc(CCCNc3ccccc3)nn12. The van der Waals surface area contributed by atoms with Gasteiger partial charge in [-0.15, -0.1) is 10.2 Å². The molecule has 0 saturated heterocycles. The summed E-state index contributed by atoms with van der Waals surface area (Å²) in [4.78, 5) is 0.896. The molecule has 5 nitrogen and oxygen atoms in total. The molecule has 0 aliphatic rings. The lowest BCUT2D eigenvalue weighted by atomic mass is 10.3. The second-order valence-electron chi connectivity index (χ2n) is 4.56. The van der Waals surface area contributed by atoms with Gasteiger partial charge in [0.2, 0.25) is 4.96 Å². The first kappa shape index (κ1) is 13.1. The third kappa shape index (κ3) is 2.80. The molecule has 6 heteroatoms. The molecule has 0 saturated carbocycles. The van der Waals surface area contributed by atoms with Crippen LogP contribution in [0.1, 0.15) is 24.2 Å². The maximum Gasteiger partial charge on any atom is 0.234 e. The molecule has 0 aliphatic carbocycles. The second kappa shape index (κ2) is 6.00. The van der Waals surface area contributed by atoms with Crippen LogP contribution in [-0.4, -0.2) is 26.4 Å². The van der Waals surface area contributed by atoms with Crippen LogP contribution in [0, 0.1) is 0 Å². The van der Waals surface area contributed by atoms with Gasteiger partial charge in [-0.3, -0.25) is 0 Å². The van der Waals surface area contributed by atoms with Crippen molar-refractivity contribution < 1.29 is 0 Å². The van der Waals surface area contributed by atoms with Crippen LogP contribution >= 0.6 is 11.3 Å². The van der Waals surface area contributed by atoms with Crippen molar-refractivity contribution >= 4 is 22.0 Å². The number of benzene rings is 1. The summed E-state index contributed by atoms with van der Waals surface area (Å²) in [6, 6.07) is 10.3. The first-order valence-corrected chi connectivity index (χ1v) is 7.67. The smallest absolute Gasteiger partial charge is 0.234 e.